The monoisotopic (exact) mass is 243 g/mol. The molecule has 4 heteroatoms. The van der Waals surface area contributed by atoms with Crippen LogP contribution < -0.4 is 4.74 Å². The minimum Gasteiger partial charge on any atom is -0.508 e. The van der Waals surface area contributed by atoms with Gasteiger partial charge in [0.15, 0.2) is 0 Å². The number of methoxy groups -OCH3 is 1. The maximum Gasteiger partial charge on any atom is 0.126 e. The Morgan fingerprint density at radius 1 is 1.22 bits per heavy atom. The molecule has 0 bridgehead atoms. The second kappa shape index (κ2) is 4.76. The van der Waals surface area contributed by atoms with E-state index in [0.29, 0.717) is 22.4 Å². The van der Waals surface area contributed by atoms with E-state index in [1.54, 1.807) is 6.07 Å². The molecule has 0 heterocycles. The van der Waals surface area contributed by atoms with Crippen molar-refractivity contribution in [2.24, 2.45) is 0 Å². The molecule has 2 rings (SSSR count). The molecule has 90 valence electrons. The largest absolute Gasteiger partial charge is 0.508 e. The van der Waals surface area contributed by atoms with Crippen LogP contribution in [0, 0.1) is 17.1 Å². The van der Waals surface area contributed by atoms with E-state index in [1.807, 2.05) is 6.07 Å². The molecule has 0 saturated heterocycles. The van der Waals surface area contributed by atoms with Gasteiger partial charge in [0.05, 0.1) is 18.7 Å². The summed E-state index contributed by atoms with van der Waals surface area (Å²) in [5.41, 5.74) is 1.32. The molecule has 3 nitrogen and oxygen atoms in total. The summed E-state index contributed by atoms with van der Waals surface area (Å²) in [5.74, 6) is 0.0221. The second-order valence-electron chi connectivity index (χ2n) is 3.72. The molecule has 0 aliphatic heterocycles. The van der Waals surface area contributed by atoms with Gasteiger partial charge >= 0.3 is 0 Å². The predicted octanol–water partition coefficient (Wildman–Crippen LogP) is 3.08. The number of nitrogens with zero attached hydrogens (tertiary/aromatic N) is 1. The molecule has 0 radical (unpaired) electrons. The fourth-order valence-electron chi connectivity index (χ4n) is 1.74. The Bertz CT molecular complexity index is 632. The zero-order valence-electron chi connectivity index (χ0n) is 9.64. The number of phenolic OH excluding ortho intramolecular Hbond substituents is 1. The number of hydrogen-bond donors (Lipinski definition) is 1. The van der Waals surface area contributed by atoms with E-state index in [4.69, 9.17) is 10.00 Å². The van der Waals surface area contributed by atoms with E-state index in [-0.39, 0.29) is 5.75 Å². The highest BCUT2D eigenvalue weighted by Crippen LogP contribution is 2.33. The van der Waals surface area contributed by atoms with E-state index in [2.05, 4.69) is 0 Å². The first kappa shape index (κ1) is 11.9. The number of rotatable bonds is 2. The fraction of sp³-hybridized carbons (Fsp3) is 0.0714. The molecule has 2 aromatic carbocycles. The van der Waals surface area contributed by atoms with E-state index in [0.717, 1.165) is 0 Å². The number of hydrogen-bond acceptors (Lipinski definition) is 3. The van der Waals surface area contributed by atoms with Crippen LogP contribution in [-0.4, -0.2) is 12.2 Å². The first-order valence-corrected chi connectivity index (χ1v) is 5.22. The van der Waals surface area contributed by atoms with Crippen molar-refractivity contribution in [2.75, 3.05) is 7.11 Å². The minimum atomic E-state index is -0.410. The van der Waals surface area contributed by atoms with Gasteiger partial charge in [0.25, 0.3) is 0 Å². The summed E-state index contributed by atoms with van der Waals surface area (Å²) in [4.78, 5) is 0. The zero-order valence-corrected chi connectivity index (χ0v) is 9.64. The summed E-state index contributed by atoms with van der Waals surface area (Å²) in [6.45, 7) is 0. The van der Waals surface area contributed by atoms with Crippen LogP contribution in [0.4, 0.5) is 4.39 Å². The molecule has 0 fully saturated rings. The Labute approximate surface area is 104 Å². The molecular formula is C14H10FNO2. The summed E-state index contributed by atoms with van der Waals surface area (Å²) in [7, 11) is 1.48. The molecule has 0 aliphatic carbocycles. The topological polar surface area (TPSA) is 53.2 Å². The lowest BCUT2D eigenvalue weighted by atomic mass is 10.0. The lowest BCUT2D eigenvalue weighted by Crippen LogP contribution is -1.90. The molecule has 0 aromatic heterocycles. The van der Waals surface area contributed by atoms with Crippen molar-refractivity contribution in [3.05, 3.63) is 47.8 Å². The summed E-state index contributed by atoms with van der Waals surface area (Å²) in [6, 6.07) is 10.4. The Morgan fingerprint density at radius 3 is 2.67 bits per heavy atom. The van der Waals surface area contributed by atoms with Crippen molar-refractivity contribution in [2.45, 2.75) is 0 Å². The van der Waals surface area contributed by atoms with Crippen LogP contribution in [0.25, 0.3) is 11.1 Å². The SMILES string of the molecule is COc1ccc(F)cc1-c1cc(O)cc(C#N)c1. The van der Waals surface area contributed by atoms with Crippen molar-refractivity contribution in [3.63, 3.8) is 0 Å². The Kier molecular flexibility index (Phi) is 3.16. The first-order chi connectivity index (χ1) is 8.63. The Hall–Kier alpha value is -2.54. The number of nitriles is 1. The van der Waals surface area contributed by atoms with Crippen molar-refractivity contribution in [1.29, 1.82) is 5.26 Å². The van der Waals surface area contributed by atoms with Gasteiger partial charge in [0.2, 0.25) is 0 Å². The van der Waals surface area contributed by atoms with Crippen LogP contribution in [0.2, 0.25) is 0 Å². The summed E-state index contributed by atoms with van der Waals surface area (Å²) >= 11 is 0. The van der Waals surface area contributed by atoms with Gasteiger partial charge in [-0.3, -0.25) is 0 Å². The molecular weight excluding hydrogens is 233 g/mol. The summed E-state index contributed by atoms with van der Waals surface area (Å²) < 4.78 is 18.4. The number of aromatic hydroxyl groups is 1. The Balaban J connectivity index is 2.65. The fourth-order valence-corrected chi connectivity index (χ4v) is 1.74. The van der Waals surface area contributed by atoms with E-state index < -0.39 is 5.82 Å². The van der Waals surface area contributed by atoms with Gasteiger partial charge in [-0.25, -0.2) is 4.39 Å². The van der Waals surface area contributed by atoms with Gasteiger partial charge in [0.1, 0.15) is 17.3 Å². The predicted molar refractivity (Wildman–Crippen MR) is 64.8 cm³/mol. The molecule has 0 amide bonds. The molecule has 0 atom stereocenters. The highest BCUT2D eigenvalue weighted by atomic mass is 19.1. The van der Waals surface area contributed by atoms with Crippen molar-refractivity contribution >= 4 is 0 Å². The van der Waals surface area contributed by atoms with Crippen LogP contribution in [-0.2, 0) is 0 Å². The van der Waals surface area contributed by atoms with Gasteiger partial charge in [-0.1, -0.05) is 0 Å². The third kappa shape index (κ3) is 2.25. The second-order valence-corrected chi connectivity index (χ2v) is 3.72. The Morgan fingerprint density at radius 2 is 2.00 bits per heavy atom. The average molecular weight is 243 g/mol. The van der Waals surface area contributed by atoms with Crippen LogP contribution in [0.3, 0.4) is 0 Å². The van der Waals surface area contributed by atoms with Crippen molar-refractivity contribution in [3.8, 4) is 28.7 Å². The zero-order chi connectivity index (χ0) is 13.1. The van der Waals surface area contributed by atoms with Gasteiger partial charge < -0.3 is 9.84 Å². The first-order valence-electron chi connectivity index (χ1n) is 5.22. The molecule has 0 saturated carbocycles. The highest BCUT2D eigenvalue weighted by Gasteiger charge is 2.09. The number of ether oxygens (including phenoxy) is 1. The quantitative estimate of drug-likeness (QED) is 0.881. The van der Waals surface area contributed by atoms with Crippen molar-refractivity contribution in [1.82, 2.24) is 0 Å². The molecule has 2 aromatic rings. The standard InChI is InChI=1S/C14H10FNO2/c1-18-14-3-2-11(15)7-13(14)10-4-9(8-16)5-12(17)6-10/h2-7,17H,1H3. The number of phenols is 1. The molecule has 0 aliphatic rings. The third-order valence-electron chi connectivity index (χ3n) is 2.52. The van der Waals surface area contributed by atoms with Crippen LogP contribution in [0.1, 0.15) is 5.56 Å². The van der Waals surface area contributed by atoms with Gasteiger partial charge in [-0.15, -0.1) is 0 Å². The van der Waals surface area contributed by atoms with E-state index >= 15 is 0 Å². The smallest absolute Gasteiger partial charge is 0.126 e. The maximum atomic E-state index is 13.3. The van der Waals surface area contributed by atoms with Gasteiger partial charge in [0, 0.05) is 5.56 Å². The van der Waals surface area contributed by atoms with Gasteiger partial charge in [-0.05, 0) is 42.0 Å². The minimum absolute atomic E-state index is 0.0460. The van der Waals surface area contributed by atoms with Crippen molar-refractivity contribution < 1.29 is 14.2 Å². The lowest BCUT2D eigenvalue weighted by molar-refractivity contribution is 0.415. The summed E-state index contributed by atoms with van der Waals surface area (Å²) in [6.07, 6.45) is 0. The van der Waals surface area contributed by atoms with Crippen LogP contribution in [0.5, 0.6) is 11.5 Å². The number of benzene rings is 2. The molecule has 18 heavy (non-hydrogen) atoms. The summed E-state index contributed by atoms with van der Waals surface area (Å²) in [5, 5.41) is 18.4. The number of halogens is 1. The highest BCUT2D eigenvalue weighted by molar-refractivity contribution is 5.73. The van der Waals surface area contributed by atoms with Gasteiger partial charge in [-0.2, -0.15) is 5.26 Å². The normalized spacial score (nSPS) is 9.83. The van der Waals surface area contributed by atoms with Crippen LogP contribution in [0.15, 0.2) is 36.4 Å². The van der Waals surface area contributed by atoms with Crippen LogP contribution >= 0.6 is 0 Å². The molecule has 0 unspecified atom stereocenters. The third-order valence-corrected chi connectivity index (χ3v) is 2.52. The van der Waals surface area contributed by atoms with E-state index in [1.165, 1.54) is 37.4 Å². The average Bonchev–Trinajstić information content (AvgIpc) is 2.38. The van der Waals surface area contributed by atoms with E-state index in [9.17, 15) is 9.50 Å². The lowest BCUT2D eigenvalue weighted by Gasteiger charge is -2.09. The maximum absolute atomic E-state index is 13.3. The molecule has 1 N–H and O–H groups in total. The molecule has 0 spiro atoms.